The molecule has 1 saturated carbocycles. The van der Waals surface area contributed by atoms with Crippen molar-refractivity contribution < 1.29 is 4.79 Å². The number of nitrogens with zero attached hydrogens (tertiary/aromatic N) is 1. The first-order valence-electron chi connectivity index (χ1n) is 7.51. The lowest BCUT2D eigenvalue weighted by Crippen LogP contribution is -2.38. The average molecular weight is 253 g/mol. The highest BCUT2D eigenvalue weighted by atomic mass is 16.1. The molecule has 0 spiro atoms. The van der Waals surface area contributed by atoms with E-state index in [1.165, 1.54) is 25.9 Å². The minimum absolute atomic E-state index is 0.167. The van der Waals surface area contributed by atoms with Crippen LogP contribution in [0.5, 0.6) is 0 Å². The highest BCUT2D eigenvalue weighted by Gasteiger charge is 2.24. The fraction of sp³-hybridized carbons (Fsp3) is 0.929. The molecule has 0 aromatic rings. The summed E-state index contributed by atoms with van der Waals surface area (Å²) in [6.45, 7) is 4.43. The second-order valence-corrected chi connectivity index (χ2v) is 5.82. The first-order chi connectivity index (χ1) is 8.75. The number of carbonyl (C=O) groups is 1. The van der Waals surface area contributed by atoms with Gasteiger partial charge < -0.3 is 16.0 Å². The molecule has 1 aliphatic carbocycles. The van der Waals surface area contributed by atoms with Crippen molar-refractivity contribution >= 4 is 5.91 Å². The highest BCUT2D eigenvalue weighted by molar-refractivity contribution is 5.78. The van der Waals surface area contributed by atoms with E-state index in [9.17, 15) is 4.79 Å². The van der Waals surface area contributed by atoms with Crippen LogP contribution in [0, 0.1) is 5.92 Å². The van der Waals surface area contributed by atoms with Crippen LogP contribution in [0.25, 0.3) is 0 Å². The third-order valence-electron chi connectivity index (χ3n) is 4.23. The quantitative estimate of drug-likeness (QED) is 0.722. The van der Waals surface area contributed by atoms with Gasteiger partial charge in [0.15, 0.2) is 0 Å². The zero-order valence-corrected chi connectivity index (χ0v) is 11.4. The minimum atomic E-state index is 0.167. The maximum atomic E-state index is 12.0. The topological polar surface area (TPSA) is 58.4 Å². The Morgan fingerprint density at radius 3 is 2.72 bits per heavy atom. The van der Waals surface area contributed by atoms with Crippen molar-refractivity contribution in [2.24, 2.45) is 11.7 Å². The van der Waals surface area contributed by atoms with Crippen molar-refractivity contribution in [1.82, 2.24) is 10.2 Å². The van der Waals surface area contributed by atoms with Gasteiger partial charge in [-0.05, 0) is 58.2 Å². The maximum Gasteiger partial charge on any atom is 0.223 e. The molecule has 104 valence electrons. The Kier molecular flexibility index (Phi) is 5.45. The molecule has 0 radical (unpaired) electrons. The fourth-order valence-corrected chi connectivity index (χ4v) is 3.13. The van der Waals surface area contributed by atoms with Crippen LogP contribution in [-0.4, -0.2) is 43.0 Å². The lowest BCUT2D eigenvalue weighted by atomic mass is 9.85. The summed E-state index contributed by atoms with van der Waals surface area (Å²) < 4.78 is 0. The Morgan fingerprint density at radius 1 is 1.22 bits per heavy atom. The number of hydrogen-bond donors (Lipinski definition) is 2. The predicted octanol–water partition coefficient (Wildman–Crippen LogP) is 1.11. The Balaban J connectivity index is 1.56. The van der Waals surface area contributed by atoms with Gasteiger partial charge in [0.05, 0.1) is 0 Å². The summed E-state index contributed by atoms with van der Waals surface area (Å²) in [5.41, 5.74) is 5.91. The average Bonchev–Trinajstić information content (AvgIpc) is 2.87. The summed E-state index contributed by atoms with van der Waals surface area (Å²) in [7, 11) is 0. The van der Waals surface area contributed by atoms with Crippen LogP contribution in [-0.2, 0) is 4.79 Å². The normalized spacial score (nSPS) is 29.4. The largest absolute Gasteiger partial charge is 0.356 e. The van der Waals surface area contributed by atoms with Gasteiger partial charge in [0, 0.05) is 18.5 Å². The molecular formula is C14H27N3O. The number of hydrogen-bond acceptors (Lipinski definition) is 3. The molecule has 0 aromatic carbocycles. The SMILES string of the molecule is NC1CCCC(C(=O)NCCCN2CCCC2)C1. The minimum Gasteiger partial charge on any atom is -0.356 e. The van der Waals surface area contributed by atoms with Crippen molar-refractivity contribution in [2.45, 2.75) is 51.0 Å². The molecule has 1 heterocycles. The lowest BCUT2D eigenvalue weighted by Gasteiger charge is -2.25. The number of nitrogens with one attached hydrogen (secondary N) is 1. The molecule has 3 N–H and O–H groups in total. The molecule has 18 heavy (non-hydrogen) atoms. The number of nitrogens with two attached hydrogens (primary N) is 1. The summed E-state index contributed by atoms with van der Waals surface area (Å²) in [6.07, 6.45) is 7.83. The van der Waals surface area contributed by atoms with Crippen LogP contribution in [0.15, 0.2) is 0 Å². The first-order valence-corrected chi connectivity index (χ1v) is 7.51. The molecular weight excluding hydrogens is 226 g/mol. The number of carbonyl (C=O) groups excluding carboxylic acids is 1. The Labute approximate surface area is 110 Å². The summed E-state index contributed by atoms with van der Waals surface area (Å²) in [4.78, 5) is 14.4. The van der Waals surface area contributed by atoms with Gasteiger partial charge in [-0.2, -0.15) is 0 Å². The van der Waals surface area contributed by atoms with Crippen molar-refractivity contribution in [1.29, 1.82) is 0 Å². The van der Waals surface area contributed by atoms with E-state index in [1.54, 1.807) is 0 Å². The fourth-order valence-electron chi connectivity index (χ4n) is 3.13. The lowest BCUT2D eigenvalue weighted by molar-refractivity contribution is -0.126. The molecule has 2 rings (SSSR count). The van der Waals surface area contributed by atoms with E-state index < -0.39 is 0 Å². The molecule has 1 amide bonds. The summed E-state index contributed by atoms with van der Waals surface area (Å²) >= 11 is 0. The van der Waals surface area contributed by atoms with Crippen molar-refractivity contribution in [2.75, 3.05) is 26.2 Å². The maximum absolute atomic E-state index is 12.0. The van der Waals surface area contributed by atoms with Gasteiger partial charge in [-0.25, -0.2) is 0 Å². The van der Waals surface area contributed by atoms with E-state index in [1.807, 2.05) is 0 Å². The molecule has 2 fully saturated rings. The second-order valence-electron chi connectivity index (χ2n) is 5.82. The second kappa shape index (κ2) is 7.10. The molecule has 4 nitrogen and oxygen atoms in total. The first kappa shape index (κ1) is 13.8. The molecule has 2 aliphatic rings. The van der Waals surface area contributed by atoms with E-state index in [2.05, 4.69) is 10.2 Å². The summed E-state index contributed by atoms with van der Waals surface area (Å²) in [5.74, 6) is 0.395. The Bertz CT molecular complexity index is 264. The third-order valence-corrected chi connectivity index (χ3v) is 4.23. The van der Waals surface area contributed by atoms with Crippen LogP contribution < -0.4 is 11.1 Å². The Hall–Kier alpha value is -0.610. The van der Waals surface area contributed by atoms with Gasteiger partial charge in [0.1, 0.15) is 0 Å². The molecule has 2 unspecified atom stereocenters. The molecule has 4 heteroatoms. The third kappa shape index (κ3) is 4.25. The molecule has 0 bridgehead atoms. The van der Waals surface area contributed by atoms with E-state index in [-0.39, 0.29) is 17.9 Å². The standard InChI is InChI=1S/C14H27N3O/c15-13-6-3-5-12(11-13)14(18)16-7-4-10-17-8-1-2-9-17/h12-13H,1-11,15H2,(H,16,18). The van der Waals surface area contributed by atoms with Crippen LogP contribution >= 0.6 is 0 Å². The monoisotopic (exact) mass is 253 g/mol. The van der Waals surface area contributed by atoms with E-state index in [0.29, 0.717) is 0 Å². The summed E-state index contributed by atoms with van der Waals surface area (Å²) in [5, 5.41) is 3.08. The number of amides is 1. The number of rotatable bonds is 5. The molecule has 2 atom stereocenters. The van der Waals surface area contributed by atoms with E-state index in [4.69, 9.17) is 5.73 Å². The van der Waals surface area contributed by atoms with Gasteiger partial charge in [-0.1, -0.05) is 6.42 Å². The van der Waals surface area contributed by atoms with Crippen molar-refractivity contribution in [3.05, 3.63) is 0 Å². The van der Waals surface area contributed by atoms with Crippen molar-refractivity contribution in [3.63, 3.8) is 0 Å². The summed E-state index contributed by atoms with van der Waals surface area (Å²) in [6, 6.07) is 0.235. The number of likely N-dealkylation sites (tertiary alicyclic amines) is 1. The van der Waals surface area contributed by atoms with Gasteiger partial charge in [-0.3, -0.25) is 4.79 Å². The van der Waals surface area contributed by atoms with Crippen LogP contribution in [0.1, 0.15) is 44.9 Å². The highest BCUT2D eigenvalue weighted by Crippen LogP contribution is 2.23. The predicted molar refractivity (Wildman–Crippen MR) is 73.2 cm³/mol. The zero-order chi connectivity index (χ0) is 12.8. The Morgan fingerprint density at radius 2 is 2.00 bits per heavy atom. The molecule has 0 aromatic heterocycles. The van der Waals surface area contributed by atoms with Crippen LogP contribution in [0.3, 0.4) is 0 Å². The van der Waals surface area contributed by atoms with Gasteiger partial charge in [0.25, 0.3) is 0 Å². The van der Waals surface area contributed by atoms with Crippen LogP contribution in [0.4, 0.5) is 0 Å². The zero-order valence-electron chi connectivity index (χ0n) is 11.4. The van der Waals surface area contributed by atoms with E-state index >= 15 is 0 Å². The van der Waals surface area contributed by atoms with Crippen molar-refractivity contribution in [3.8, 4) is 0 Å². The molecule has 1 saturated heterocycles. The smallest absolute Gasteiger partial charge is 0.223 e. The molecule has 1 aliphatic heterocycles. The van der Waals surface area contributed by atoms with E-state index in [0.717, 1.165) is 45.2 Å². The van der Waals surface area contributed by atoms with Crippen LogP contribution in [0.2, 0.25) is 0 Å². The van der Waals surface area contributed by atoms with Gasteiger partial charge >= 0.3 is 0 Å². The van der Waals surface area contributed by atoms with Gasteiger partial charge in [0.2, 0.25) is 5.91 Å². The van der Waals surface area contributed by atoms with Gasteiger partial charge in [-0.15, -0.1) is 0 Å².